The van der Waals surface area contributed by atoms with Crippen LogP contribution in [-0.2, 0) is 14.6 Å². The standard InChI is InChI=1S/C18H20N2O6S/c1-12-9-15(10-13(2)17(12)27(24,25)11-20(22)23)19-18(21)14(3)26-16-7-5-4-6-8-16/h4-10,14H,11H2,1-3H3,(H,19,21)/t14-/m1/s1. The number of benzene rings is 2. The van der Waals surface area contributed by atoms with Gasteiger partial charge in [0, 0.05) is 10.6 Å². The summed E-state index contributed by atoms with van der Waals surface area (Å²) >= 11 is 0. The number of hydrogen-bond donors (Lipinski definition) is 1. The number of nitro groups is 1. The Morgan fingerprint density at radius 3 is 2.26 bits per heavy atom. The van der Waals surface area contributed by atoms with E-state index in [0.717, 1.165) is 0 Å². The second kappa shape index (κ2) is 8.17. The van der Waals surface area contributed by atoms with Gasteiger partial charge in [-0.3, -0.25) is 14.9 Å². The summed E-state index contributed by atoms with van der Waals surface area (Å²) in [6.07, 6.45) is -0.772. The molecule has 1 atom stereocenters. The first kappa shape index (κ1) is 20.4. The van der Waals surface area contributed by atoms with Crippen molar-refractivity contribution in [3.05, 3.63) is 63.7 Å². The van der Waals surface area contributed by atoms with Crippen LogP contribution in [0.1, 0.15) is 18.1 Å². The zero-order valence-corrected chi connectivity index (χ0v) is 15.9. The smallest absolute Gasteiger partial charge is 0.305 e. The third kappa shape index (κ3) is 5.27. The van der Waals surface area contributed by atoms with E-state index in [0.29, 0.717) is 22.6 Å². The van der Waals surface area contributed by atoms with Crippen LogP contribution in [0, 0.1) is 24.0 Å². The molecule has 144 valence electrons. The molecule has 0 saturated heterocycles. The average molecular weight is 392 g/mol. The van der Waals surface area contributed by atoms with Gasteiger partial charge in [-0.15, -0.1) is 0 Å². The van der Waals surface area contributed by atoms with Gasteiger partial charge in [-0.25, -0.2) is 8.42 Å². The van der Waals surface area contributed by atoms with Gasteiger partial charge in [-0.2, -0.15) is 0 Å². The fourth-order valence-corrected chi connectivity index (χ4v) is 4.22. The Balaban J connectivity index is 2.18. The lowest BCUT2D eigenvalue weighted by Gasteiger charge is -2.16. The number of ether oxygens (including phenoxy) is 1. The van der Waals surface area contributed by atoms with Crippen molar-refractivity contribution in [2.75, 3.05) is 11.2 Å². The molecular weight excluding hydrogens is 372 g/mol. The minimum Gasteiger partial charge on any atom is -0.481 e. The predicted molar refractivity (Wildman–Crippen MR) is 100 cm³/mol. The van der Waals surface area contributed by atoms with Crippen molar-refractivity contribution >= 4 is 21.4 Å². The average Bonchev–Trinajstić information content (AvgIpc) is 2.53. The molecule has 0 spiro atoms. The molecule has 0 radical (unpaired) electrons. The number of para-hydroxylation sites is 1. The van der Waals surface area contributed by atoms with Gasteiger partial charge in [0.05, 0.1) is 4.90 Å². The van der Waals surface area contributed by atoms with E-state index < -0.39 is 32.6 Å². The topological polar surface area (TPSA) is 116 Å². The molecule has 1 N–H and O–H groups in total. The van der Waals surface area contributed by atoms with Gasteiger partial charge in [-0.05, 0) is 56.2 Å². The molecule has 9 heteroatoms. The summed E-state index contributed by atoms with van der Waals surface area (Å²) in [5.41, 5.74) is 1.03. The summed E-state index contributed by atoms with van der Waals surface area (Å²) in [6.45, 7) is 4.65. The lowest BCUT2D eigenvalue weighted by molar-refractivity contribution is -0.458. The molecule has 0 aliphatic rings. The van der Waals surface area contributed by atoms with Gasteiger partial charge >= 0.3 is 5.88 Å². The van der Waals surface area contributed by atoms with Crippen LogP contribution in [0.2, 0.25) is 0 Å². The molecule has 0 fully saturated rings. The second-order valence-corrected chi connectivity index (χ2v) is 7.97. The van der Waals surface area contributed by atoms with Crippen molar-refractivity contribution in [1.29, 1.82) is 0 Å². The van der Waals surface area contributed by atoms with Crippen molar-refractivity contribution in [3.63, 3.8) is 0 Å². The highest BCUT2D eigenvalue weighted by Crippen LogP contribution is 2.26. The number of sulfone groups is 1. The predicted octanol–water partition coefficient (Wildman–Crippen LogP) is 2.72. The van der Waals surface area contributed by atoms with Crippen LogP contribution in [0.4, 0.5) is 5.69 Å². The van der Waals surface area contributed by atoms with Crippen molar-refractivity contribution in [1.82, 2.24) is 0 Å². The number of aryl methyl sites for hydroxylation is 2. The van der Waals surface area contributed by atoms with Crippen LogP contribution in [0.25, 0.3) is 0 Å². The molecular formula is C18H20N2O6S. The summed E-state index contributed by atoms with van der Waals surface area (Å²) < 4.78 is 29.9. The van der Waals surface area contributed by atoms with Crippen molar-refractivity contribution < 1.29 is 22.9 Å². The molecule has 2 aromatic carbocycles. The molecule has 0 aromatic heterocycles. The highest BCUT2D eigenvalue weighted by Gasteiger charge is 2.26. The van der Waals surface area contributed by atoms with E-state index >= 15 is 0 Å². The number of carbonyl (C=O) groups excluding carboxylic acids is 1. The Morgan fingerprint density at radius 2 is 1.74 bits per heavy atom. The molecule has 0 heterocycles. The van der Waals surface area contributed by atoms with E-state index in [1.807, 2.05) is 6.07 Å². The maximum Gasteiger partial charge on any atom is 0.305 e. The number of rotatable bonds is 7. The molecule has 27 heavy (non-hydrogen) atoms. The van der Waals surface area contributed by atoms with Crippen LogP contribution >= 0.6 is 0 Å². The molecule has 2 aromatic rings. The molecule has 0 aliphatic carbocycles. The van der Waals surface area contributed by atoms with Crippen molar-refractivity contribution in [3.8, 4) is 5.75 Å². The van der Waals surface area contributed by atoms with Gasteiger partial charge in [0.25, 0.3) is 5.91 Å². The first-order valence-corrected chi connectivity index (χ1v) is 9.74. The van der Waals surface area contributed by atoms with Crippen LogP contribution in [0.15, 0.2) is 47.4 Å². The molecule has 2 rings (SSSR count). The van der Waals surface area contributed by atoms with E-state index in [2.05, 4.69) is 5.32 Å². The Labute approximate surface area is 157 Å². The summed E-state index contributed by atoms with van der Waals surface area (Å²) in [4.78, 5) is 22.0. The fourth-order valence-electron chi connectivity index (χ4n) is 2.72. The molecule has 1 amide bonds. The summed E-state index contributed by atoms with van der Waals surface area (Å²) in [7, 11) is -4.06. The quantitative estimate of drug-likeness (QED) is 0.572. The lowest BCUT2D eigenvalue weighted by Crippen LogP contribution is -2.30. The molecule has 0 aliphatic heterocycles. The largest absolute Gasteiger partial charge is 0.481 e. The van der Waals surface area contributed by atoms with Gasteiger partial charge < -0.3 is 10.1 Å². The maximum absolute atomic E-state index is 12.3. The highest BCUT2D eigenvalue weighted by atomic mass is 32.2. The van der Waals surface area contributed by atoms with E-state index in [1.165, 1.54) is 26.0 Å². The van der Waals surface area contributed by atoms with E-state index in [9.17, 15) is 23.3 Å². The minimum absolute atomic E-state index is 0.0919. The third-order valence-electron chi connectivity index (χ3n) is 3.74. The number of carbonyl (C=O) groups is 1. The summed E-state index contributed by atoms with van der Waals surface area (Å²) in [6, 6.07) is 11.8. The molecule has 8 nitrogen and oxygen atoms in total. The zero-order valence-electron chi connectivity index (χ0n) is 15.1. The van der Waals surface area contributed by atoms with Gasteiger partial charge in [0.15, 0.2) is 6.10 Å². The Morgan fingerprint density at radius 1 is 1.19 bits per heavy atom. The number of nitrogens with zero attached hydrogens (tertiary/aromatic N) is 1. The van der Waals surface area contributed by atoms with E-state index in [1.54, 1.807) is 31.2 Å². The Bertz CT molecular complexity index is 934. The maximum atomic E-state index is 12.3. The number of hydrogen-bond acceptors (Lipinski definition) is 6. The third-order valence-corrected chi connectivity index (χ3v) is 5.56. The molecule has 0 bridgehead atoms. The van der Waals surface area contributed by atoms with E-state index in [4.69, 9.17) is 4.74 Å². The number of nitrogens with one attached hydrogen (secondary N) is 1. The van der Waals surface area contributed by atoms with Gasteiger partial charge in [-0.1, -0.05) is 18.2 Å². The summed E-state index contributed by atoms with van der Waals surface area (Å²) in [5.74, 6) is -1.03. The van der Waals surface area contributed by atoms with Crippen molar-refractivity contribution in [2.45, 2.75) is 31.8 Å². The molecule has 0 saturated carbocycles. The van der Waals surface area contributed by atoms with Gasteiger partial charge in [0.2, 0.25) is 9.84 Å². The van der Waals surface area contributed by atoms with Crippen molar-refractivity contribution in [2.24, 2.45) is 0 Å². The highest BCUT2D eigenvalue weighted by molar-refractivity contribution is 7.91. The summed E-state index contributed by atoms with van der Waals surface area (Å²) in [5, 5.41) is 13.3. The Kier molecular flexibility index (Phi) is 6.17. The number of anilines is 1. The number of amides is 1. The van der Waals surface area contributed by atoms with Crippen LogP contribution < -0.4 is 10.1 Å². The van der Waals surface area contributed by atoms with Gasteiger partial charge in [0.1, 0.15) is 5.75 Å². The SMILES string of the molecule is Cc1cc(NC(=O)[C@@H](C)Oc2ccccc2)cc(C)c1S(=O)(=O)C[N+](=O)[O-]. The second-order valence-electron chi connectivity index (χ2n) is 6.08. The normalized spacial score (nSPS) is 12.3. The first-order valence-electron chi connectivity index (χ1n) is 8.08. The van der Waals surface area contributed by atoms with Crippen LogP contribution in [-0.4, -0.2) is 31.2 Å². The van der Waals surface area contributed by atoms with Crippen LogP contribution in [0.3, 0.4) is 0 Å². The zero-order chi connectivity index (χ0) is 20.2. The Hall–Kier alpha value is -2.94. The monoisotopic (exact) mass is 392 g/mol. The molecule has 0 unspecified atom stereocenters. The minimum atomic E-state index is -4.06. The van der Waals surface area contributed by atoms with E-state index in [-0.39, 0.29) is 4.90 Å². The van der Waals surface area contributed by atoms with Crippen LogP contribution in [0.5, 0.6) is 5.75 Å². The first-order chi connectivity index (χ1) is 12.6. The lowest BCUT2D eigenvalue weighted by atomic mass is 10.1. The fraction of sp³-hybridized carbons (Fsp3) is 0.278.